The Morgan fingerprint density at radius 2 is 1.97 bits per heavy atom. The van der Waals surface area contributed by atoms with Gasteiger partial charge in [0, 0.05) is 44.1 Å². The average Bonchev–Trinajstić information content (AvgIpc) is 3.45. The molecule has 2 aliphatic rings. The summed E-state index contributed by atoms with van der Waals surface area (Å²) in [5.41, 5.74) is 6.85. The van der Waals surface area contributed by atoms with Gasteiger partial charge in [-0.2, -0.15) is 4.31 Å². The van der Waals surface area contributed by atoms with Crippen molar-refractivity contribution in [3.8, 4) is 0 Å². The molecule has 12 heteroatoms. The third-order valence-corrected chi connectivity index (χ3v) is 9.25. The van der Waals surface area contributed by atoms with E-state index in [1.165, 1.54) is 53.9 Å². The van der Waals surface area contributed by atoms with Gasteiger partial charge in [-0.05, 0) is 49.1 Å². The second-order valence-electron chi connectivity index (χ2n) is 8.66. The van der Waals surface area contributed by atoms with E-state index in [4.69, 9.17) is 10.5 Å². The van der Waals surface area contributed by atoms with E-state index in [0.717, 1.165) is 23.3 Å². The van der Waals surface area contributed by atoms with Gasteiger partial charge in [-0.3, -0.25) is 14.4 Å². The van der Waals surface area contributed by atoms with E-state index in [1.54, 1.807) is 4.90 Å². The highest BCUT2D eigenvalue weighted by molar-refractivity contribution is 7.89. The lowest BCUT2D eigenvalue weighted by Gasteiger charge is -2.25. The molecule has 3 heterocycles. The summed E-state index contributed by atoms with van der Waals surface area (Å²) in [6.45, 7) is 3.23. The van der Waals surface area contributed by atoms with E-state index in [0.29, 0.717) is 31.1 Å². The van der Waals surface area contributed by atoms with Crippen LogP contribution in [-0.4, -0.2) is 68.2 Å². The summed E-state index contributed by atoms with van der Waals surface area (Å²) in [4.78, 5) is 39.3. The van der Waals surface area contributed by atoms with Crippen LogP contribution >= 0.6 is 11.3 Å². The Morgan fingerprint density at radius 3 is 2.57 bits per heavy atom. The second kappa shape index (κ2) is 10.1. The lowest BCUT2D eigenvalue weighted by molar-refractivity contribution is -0.129. The number of nitrogens with zero attached hydrogens (tertiary/aromatic N) is 2. The van der Waals surface area contributed by atoms with Gasteiger partial charge < -0.3 is 20.7 Å². The van der Waals surface area contributed by atoms with Crippen LogP contribution in [0.2, 0.25) is 0 Å². The zero-order valence-corrected chi connectivity index (χ0v) is 21.2. The van der Waals surface area contributed by atoms with E-state index >= 15 is 0 Å². The standard InChI is InChI=1S/C23H28N4O6S2/c1-14(28)27-10-9-18-19(13-27)34-23(20(18)21(24)29)25-22(30)15-5-7-17(8-6-15)35(31,32)26(2)12-16-4-3-11-33-16/h5-8,16H,3-4,9-13H2,1-2H3,(H2,24,29)(H,25,30)/t16-/m0/s1. The Labute approximate surface area is 208 Å². The van der Waals surface area contributed by atoms with Crippen LogP contribution in [-0.2, 0) is 32.5 Å². The van der Waals surface area contributed by atoms with Gasteiger partial charge in [0.15, 0.2) is 0 Å². The maximum Gasteiger partial charge on any atom is 0.256 e. The Hall–Kier alpha value is -2.80. The molecule has 1 atom stereocenters. The van der Waals surface area contributed by atoms with Crippen molar-refractivity contribution < 1.29 is 27.5 Å². The van der Waals surface area contributed by atoms with Crippen molar-refractivity contribution in [1.82, 2.24) is 9.21 Å². The number of thiophene rings is 1. The zero-order valence-electron chi connectivity index (χ0n) is 19.6. The minimum Gasteiger partial charge on any atom is -0.377 e. The number of rotatable bonds is 7. The number of likely N-dealkylation sites (N-methyl/N-ethyl adjacent to an activating group) is 1. The number of carbonyl (C=O) groups is 3. The number of nitrogens with two attached hydrogens (primary N) is 1. The normalized spacial score (nSPS) is 17.9. The van der Waals surface area contributed by atoms with Crippen molar-refractivity contribution >= 4 is 44.1 Å². The van der Waals surface area contributed by atoms with Gasteiger partial charge in [0.25, 0.3) is 11.8 Å². The van der Waals surface area contributed by atoms with Gasteiger partial charge in [0.05, 0.1) is 23.1 Å². The first-order chi connectivity index (χ1) is 16.6. The lowest BCUT2D eigenvalue weighted by atomic mass is 10.0. The van der Waals surface area contributed by atoms with Gasteiger partial charge in [0.2, 0.25) is 15.9 Å². The summed E-state index contributed by atoms with van der Waals surface area (Å²) in [5, 5.41) is 3.06. The van der Waals surface area contributed by atoms with Crippen molar-refractivity contribution in [3.05, 3.63) is 45.8 Å². The first-order valence-electron chi connectivity index (χ1n) is 11.3. The number of primary amides is 1. The quantitative estimate of drug-likeness (QED) is 0.571. The van der Waals surface area contributed by atoms with Crippen molar-refractivity contribution in [1.29, 1.82) is 0 Å². The summed E-state index contributed by atoms with van der Waals surface area (Å²) < 4.78 is 32.6. The number of anilines is 1. The average molecular weight is 521 g/mol. The van der Waals surface area contributed by atoms with Crippen LogP contribution in [0.25, 0.3) is 0 Å². The third-order valence-electron chi connectivity index (χ3n) is 6.29. The molecule has 0 unspecified atom stereocenters. The molecule has 3 N–H and O–H groups in total. The summed E-state index contributed by atoms with van der Waals surface area (Å²) in [5.74, 6) is -1.21. The number of hydrogen-bond donors (Lipinski definition) is 2. The maximum absolute atomic E-state index is 12.9. The zero-order chi connectivity index (χ0) is 25.3. The van der Waals surface area contributed by atoms with Crippen LogP contribution < -0.4 is 11.1 Å². The number of benzene rings is 1. The summed E-state index contributed by atoms with van der Waals surface area (Å²) in [7, 11) is -2.22. The Balaban J connectivity index is 1.50. The molecule has 1 saturated heterocycles. The Bertz CT molecular complexity index is 1250. The fourth-order valence-electron chi connectivity index (χ4n) is 4.33. The number of hydrogen-bond acceptors (Lipinski definition) is 7. The first-order valence-corrected chi connectivity index (χ1v) is 13.5. The van der Waals surface area contributed by atoms with Gasteiger partial charge in [-0.15, -0.1) is 11.3 Å². The molecule has 0 bridgehead atoms. The number of amides is 3. The maximum atomic E-state index is 12.9. The number of fused-ring (bicyclic) bond motifs is 1. The number of carbonyl (C=O) groups excluding carboxylic acids is 3. The molecule has 10 nitrogen and oxygen atoms in total. The van der Waals surface area contributed by atoms with Crippen LogP contribution in [0.1, 0.15) is 50.9 Å². The molecule has 0 aliphatic carbocycles. The molecule has 35 heavy (non-hydrogen) atoms. The highest BCUT2D eigenvalue weighted by atomic mass is 32.2. The second-order valence-corrected chi connectivity index (χ2v) is 11.8. The van der Waals surface area contributed by atoms with Gasteiger partial charge in [0.1, 0.15) is 5.00 Å². The molecule has 0 saturated carbocycles. The van der Waals surface area contributed by atoms with Crippen LogP contribution in [0.15, 0.2) is 29.2 Å². The fraction of sp³-hybridized carbons (Fsp3) is 0.435. The molecule has 1 aromatic carbocycles. The van der Waals surface area contributed by atoms with E-state index < -0.39 is 21.8 Å². The molecule has 3 amide bonds. The van der Waals surface area contributed by atoms with E-state index in [9.17, 15) is 22.8 Å². The smallest absolute Gasteiger partial charge is 0.256 e. The molecule has 1 aromatic heterocycles. The highest BCUT2D eigenvalue weighted by Gasteiger charge is 2.29. The van der Waals surface area contributed by atoms with Gasteiger partial charge in [-0.25, -0.2) is 8.42 Å². The van der Waals surface area contributed by atoms with Crippen molar-refractivity contribution in [2.75, 3.05) is 32.1 Å². The lowest BCUT2D eigenvalue weighted by Crippen LogP contribution is -2.34. The highest BCUT2D eigenvalue weighted by Crippen LogP contribution is 2.37. The number of nitrogens with one attached hydrogen (secondary N) is 1. The molecule has 4 rings (SSSR count). The van der Waals surface area contributed by atoms with Crippen LogP contribution in [0.4, 0.5) is 5.00 Å². The van der Waals surface area contributed by atoms with E-state index in [1.807, 2.05) is 0 Å². The summed E-state index contributed by atoms with van der Waals surface area (Å²) >= 11 is 1.22. The van der Waals surface area contributed by atoms with E-state index in [-0.39, 0.29) is 34.6 Å². The molecule has 1 fully saturated rings. The summed E-state index contributed by atoms with van der Waals surface area (Å²) in [6, 6.07) is 5.62. The van der Waals surface area contributed by atoms with Gasteiger partial charge >= 0.3 is 0 Å². The molecule has 0 radical (unpaired) electrons. The minimum atomic E-state index is -3.73. The largest absolute Gasteiger partial charge is 0.377 e. The summed E-state index contributed by atoms with van der Waals surface area (Å²) in [6.07, 6.45) is 2.11. The number of ether oxygens (including phenoxy) is 1. The van der Waals surface area contributed by atoms with Crippen molar-refractivity contribution in [2.45, 2.75) is 43.7 Å². The third kappa shape index (κ3) is 5.25. The topological polar surface area (TPSA) is 139 Å². The number of sulfonamides is 1. The van der Waals surface area contributed by atoms with Crippen molar-refractivity contribution in [2.24, 2.45) is 5.73 Å². The van der Waals surface area contributed by atoms with Gasteiger partial charge in [-0.1, -0.05) is 0 Å². The SMILES string of the molecule is CC(=O)N1CCc2c(sc(NC(=O)c3ccc(S(=O)(=O)N(C)C[C@@H]4CCCO4)cc3)c2C(N)=O)C1. The predicted molar refractivity (Wildman–Crippen MR) is 131 cm³/mol. The van der Waals surface area contributed by atoms with Crippen LogP contribution in [0.3, 0.4) is 0 Å². The molecular formula is C23H28N4O6S2. The Kier molecular flexibility index (Phi) is 7.27. The first kappa shape index (κ1) is 25.3. The molecule has 2 aromatic rings. The van der Waals surface area contributed by atoms with Crippen molar-refractivity contribution in [3.63, 3.8) is 0 Å². The molecule has 188 valence electrons. The molecule has 0 spiro atoms. The van der Waals surface area contributed by atoms with Crippen LogP contribution in [0.5, 0.6) is 0 Å². The molecule has 2 aliphatic heterocycles. The molecular weight excluding hydrogens is 492 g/mol. The Morgan fingerprint density at radius 1 is 1.26 bits per heavy atom. The fourth-order valence-corrected chi connectivity index (χ4v) is 6.79. The van der Waals surface area contributed by atoms with Crippen LogP contribution in [0, 0.1) is 0 Å². The minimum absolute atomic E-state index is 0.0632. The van der Waals surface area contributed by atoms with E-state index in [2.05, 4.69) is 5.32 Å². The monoisotopic (exact) mass is 520 g/mol. The predicted octanol–water partition coefficient (Wildman–Crippen LogP) is 1.80.